The van der Waals surface area contributed by atoms with Gasteiger partial charge in [-0.3, -0.25) is 9.69 Å². The van der Waals surface area contributed by atoms with Crippen LogP contribution in [0.2, 0.25) is 0 Å². The Morgan fingerprint density at radius 1 is 1.13 bits per heavy atom. The van der Waals surface area contributed by atoms with E-state index in [1.54, 1.807) is 0 Å². The summed E-state index contributed by atoms with van der Waals surface area (Å²) in [6, 6.07) is 18.8. The molecule has 1 aromatic heterocycles. The van der Waals surface area contributed by atoms with Crippen LogP contribution < -0.4 is 0 Å². The Morgan fingerprint density at radius 2 is 1.87 bits per heavy atom. The molecule has 3 aliphatic heterocycles. The second-order valence-corrected chi connectivity index (χ2v) is 11.4. The summed E-state index contributed by atoms with van der Waals surface area (Å²) in [6.07, 6.45) is 1.89. The van der Waals surface area contributed by atoms with Crippen molar-refractivity contribution in [1.29, 1.82) is 0 Å². The SMILES string of the molecule is COC(=O)[C@H]1C[C@@H]2C[C@](CBr)(C3(C)OCCO3)O[C@@H]2N(Cc2ccccc2)CCc2c1[nH]c1ccccc21. The van der Waals surface area contributed by atoms with Crippen molar-refractivity contribution in [3.05, 3.63) is 71.4 Å². The van der Waals surface area contributed by atoms with Crippen molar-refractivity contribution in [3.63, 3.8) is 0 Å². The number of hydrogen-bond donors (Lipinski definition) is 1. The molecule has 2 fully saturated rings. The normalized spacial score (nSPS) is 29.3. The summed E-state index contributed by atoms with van der Waals surface area (Å²) in [4.78, 5) is 19.4. The summed E-state index contributed by atoms with van der Waals surface area (Å²) in [6.45, 7) is 4.61. The third-order valence-electron chi connectivity index (χ3n) is 8.68. The van der Waals surface area contributed by atoms with Crippen LogP contribution in [0.5, 0.6) is 0 Å². The molecule has 0 amide bonds. The van der Waals surface area contributed by atoms with E-state index in [0.29, 0.717) is 31.4 Å². The van der Waals surface area contributed by atoms with Crippen LogP contribution in [0.4, 0.5) is 0 Å². The van der Waals surface area contributed by atoms with Crippen LogP contribution >= 0.6 is 15.9 Å². The zero-order chi connectivity index (χ0) is 26.3. The Balaban J connectivity index is 1.45. The van der Waals surface area contributed by atoms with Crippen molar-refractivity contribution >= 4 is 32.8 Å². The van der Waals surface area contributed by atoms with Crippen molar-refractivity contribution < 1.29 is 23.7 Å². The van der Waals surface area contributed by atoms with Gasteiger partial charge in [0.25, 0.3) is 0 Å². The van der Waals surface area contributed by atoms with E-state index in [-0.39, 0.29) is 18.1 Å². The summed E-state index contributed by atoms with van der Waals surface area (Å²) in [5.74, 6) is -1.44. The van der Waals surface area contributed by atoms with Crippen LogP contribution in [0.1, 0.15) is 42.5 Å². The van der Waals surface area contributed by atoms with Crippen LogP contribution in [0.15, 0.2) is 54.6 Å². The van der Waals surface area contributed by atoms with Gasteiger partial charge in [-0.25, -0.2) is 0 Å². The molecule has 6 rings (SSSR count). The number of H-pyrrole nitrogens is 1. The highest BCUT2D eigenvalue weighted by Crippen LogP contribution is 2.51. The highest BCUT2D eigenvalue weighted by Gasteiger charge is 2.61. The molecule has 0 bridgehead atoms. The molecular formula is C30H35BrN2O5. The quantitative estimate of drug-likeness (QED) is 0.332. The largest absolute Gasteiger partial charge is 0.469 e. The zero-order valence-electron chi connectivity index (χ0n) is 22.0. The number of aromatic amines is 1. The minimum absolute atomic E-state index is 0.0577. The summed E-state index contributed by atoms with van der Waals surface area (Å²) in [7, 11) is 1.48. The van der Waals surface area contributed by atoms with Crippen LogP contribution in [0.25, 0.3) is 10.9 Å². The first-order chi connectivity index (χ1) is 18.5. The number of nitrogens with zero attached hydrogens (tertiary/aromatic N) is 1. The Bertz CT molecular complexity index is 1290. The van der Waals surface area contributed by atoms with E-state index in [1.807, 2.05) is 19.1 Å². The van der Waals surface area contributed by atoms with Crippen LogP contribution in [0.3, 0.4) is 0 Å². The molecule has 0 unspecified atom stereocenters. The molecule has 4 heterocycles. The maximum atomic E-state index is 13.3. The summed E-state index contributed by atoms with van der Waals surface area (Å²) < 4.78 is 24.8. The number of carbonyl (C=O) groups is 1. The first-order valence-electron chi connectivity index (χ1n) is 13.4. The number of esters is 1. The molecule has 0 aliphatic carbocycles. The van der Waals surface area contributed by atoms with Crippen molar-refractivity contribution in [2.24, 2.45) is 5.92 Å². The summed E-state index contributed by atoms with van der Waals surface area (Å²) in [5, 5.41) is 1.74. The van der Waals surface area contributed by atoms with Crippen molar-refractivity contribution in [1.82, 2.24) is 9.88 Å². The lowest BCUT2D eigenvalue weighted by atomic mass is 9.82. The average molecular weight is 584 g/mol. The van der Waals surface area contributed by atoms with Crippen LogP contribution in [-0.4, -0.2) is 65.7 Å². The summed E-state index contributed by atoms with van der Waals surface area (Å²) in [5.41, 5.74) is 3.76. The highest BCUT2D eigenvalue weighted by molar-refractivity contribution is 9.09. The minimum Gasteiger partial charge on any atom is -0.469 e. The lowest BCUT2D eigenvalue weighted by Crippen LogP contribution is -2.55. The third kappa shape index (κ3) is 4.40. The van der Waals surface area contributed by atoms with Gasteiger partial charge >= 0.3 is 5.97 Å². The van der Waals surface area contributed by atoms with Gasteiger partial charge in [-0.2, -0.15) is 0 Å². The van der Waals surface area contributed by atoms with E-state index in [2.05, 4.69) is 68.3 Å². The van der Waals surface area contributed by atoms with Gasteiger partial charge in [0.2, 0.25) is 0 Å². The maximum Gasteiger partial charge on any atom is 0.314 e. The van der Waals surface area contributed by atoms with Gasteiger partial charge in [0.05, 0.1) is 26.2 Å². The molecule has 8 heteroatoms. The number of carbonyl (C=O) groups excluding carboxylic acids is 1. The number of alkyl halides is 1. The minimum atomic E-state index is -0.862. The number of methoxy groups -OCH3 is 1. The van der Waals surface area contributed by atoms with E-state index in [4.69, 9.17) is 18.9 Å². The number of fused-ring (bicyclic) bond motifs is 4. The van der Waals surface area contributed by atoms with E-state index >= 15 is 0 Å². The van der Waals surface area contributed by atoms with Gasteiger partial charge in [0, 0.05) is 40.9 Å². The summed E-state index contributed by atoms with van der Waals surface area (Å²) >= 11 is 3.76. The molecule has 2 saturated heterocycles. The van der Waals surface area contributed by atoms with Crippen molar-refractivity contribution in [3.8, 4) is 0 Å². The third-order valence-corrected chi connectivity index (χ3v) is 9.59. The van der Waals surface area contributed by atoms with Gasteiger partial charge in [-0.1, -0.05) is 64.5 Å². The molecule has 3 aromatic rings. The fourth-order valence-corrected chi connectivity index (χ4v) is 7.55. The van der Waals surface area contributed by atoms with Gasteiger partial charge in [0.15, 0.2) is 5.79 Å². The molecule has 2 aromatic carbocycles. The Morgan fingerprint density at radius 3 is 2.61 bits per heavy atom. The number of nitrogens with one attached hydrogen (secondary N) is 1. The molecule has 1 N–H and O–H groups in total. The Labute approximate surface area is 231 Å². The van der Waals surface area contributed by atoms with Gasteiger partial charge in [0.1, 0.15) is 11.8 Å². The van der Waals surface area contributed by atoms with Gasteiger partial charge < -0.3 is 23.9 Å². The molecule has 4 atom stereocenters. The predicted molar refractivity (Wildman–Crippen MR) is 148 cm³/mol. The first kappa shape index (κ1) is 26.0. The monoisotopic (exact) mass is 582 g/mol. The average Bonchev–Trinajstić information content (AvgIpc) is 3.66. The maximum absolute atomic E-state index is 13.3. The highest BCUT2D eigenvalue weighted by atomic mass is 79.9. The molecular weight excluding hydrogens is 548 g/mol. The van der Waals surface area contributed by atoms with E-state index in [9.17, 15) is 4.79 Å². The standard InChI is InChI=1S/C30H35BrN2O5/c1-29(36-14-15-37-29)30(19-31)17-21-16-24(28(34)35-2)26-23(22-10-6-7-11-25(22)32-26)12-13-33(27(21)38-30)18-20-8-4-3-5-9-20/h3-11,21,24,27,32H,12-19H2,1-2H3/t21-,24+,27+,30+/m1/s1. The Kier molecular flexibility index (Phi) is 7.12. The van der Waals surface area contributed by atoms with Gasteiger partial charge in [-0.15, -0.1) is 0 Å². The number of halogens is 1. The van der Waals surface area contributed by atoms with Gasteiger partial charge in [-0.05, 0) is 43.4 Å². The number of para-hydroxylation sites is 1. The van der Waals surface area contributed by atoms with Crippen LogP contribution in [-0.2, 0) is 36.7 Å². The fourth-order valence-electron chi connectivity index (χ4n) is 6.68. The second kappa shape index (κ2) is 10.4. The molecule has 202 valence electrons. The lowest BCUT2D eigenvalue weighted by molar-refractivity contribution is -0.271. The molecule has 0 spiro atoms. The number of aromatic nitrogens is 1. The van der Waals surface area contributed by atoms with E-state index in [1.165, 1.54) is 23.6 Å². The van der Waals surface area contributed by atoms with Crippen molar-refractivity contribution in [2.45, 2.75) is 56.3 Å². The molecule has 38 heavy (non-hydrogen) atoms. The molecule has 3 aliphatic rings. The number of ether oxygens (including phenoxy) is 4. The number of hydrogen-bond acceptors (Lipinski definition) is 6. The topological polar surface area (TPSA) is 73.0 Å². The van der Waals surface area contributed by atoms with E-state index in [0.717, 1.165) is 30.7 Å². The number of benzene rings is 2. The fraction of sp³-hybridized carbons (Fsp3) is 0.500. The van der Waals surface area contributed by atoms with Crippen LogP contribution in [0, 0.1) is 5.92 Å². The first-order valence-corrected chi connectivity index (χ1v) is 14.6. The second-order valence-electron chi connectivity index (χ2n) is 10.8. The van der Waals surface area contributed by atoms with E-state index < -0.39 is 17.3 Å². The molecule has 0 radical (unpaired) electrons. The predicted octanol–water partition coefficient (Wildman–Crippen LogP) is 5.13. The Hall–Kier alpha value is -2.23. The molecule has 7 nitrogen and oxygen atoms in total. The zero-order valence-corrected chi connectivity index (χ0v) is 23.5. The van der Waals surface area contributed by atoms with Crippen molar-refractivity contribution in [2.75, 3.05) is 32.2 Å². The number of rotatable bonds is 5. The smallest absolute Gasteiger partial charge is 0.314 e. The molecule has 0 saturated carbocycles. The lowest BCUT2D eigenvalue weighted by Gasteiger charge is -2.41.